The van der Waals surface area contributed by atoms with Crippen LogP contribution in [0.2, 0.25) is 0 Å². The molecule has 1 aromatic carbocycles. The van der Waals surface area contributed by atoms with Crippen LogP contribution in [0, 0.1) is 12.8 Å². The third-order valence-corrected chi connectivity index (χ3v) is 5.45. The molecule has 0 spiro atoms. The number of pyridine rings is 1. The largest absolute Gasteiger partial charge is 0.371 e. The van der Waals surface area contributed by atoms with E-state index in [-0.39, 0.29) is 0 Å². The van der Waals surface area contributed by atoms with Gasteiger partial charge in [-0.15, -0.1) is 0 Å². The van der Waals surface area contributed by atoms with Crippen LogP contribution in [0.5, 0.6) is 0 Å². The van der Waals surface area contributed by atoms with Gasteiger partial charge < -0.3 is 9.80 Å². The van der Waals surface area contributed by atoms with Crippen molar-refractivity contribution in [3.05, 3.63) is 54.2 Å². The second kappa shape index (κ2) is 8.60. The highest BCUT2D eigenvalue weighted by Gasteiger charge is 2.19. The maximum absolute atomic E-state index is 5.05. The van der Waals surface area contributed by atoms with Crippen molar-refractivity contribution in [1.29, 1.82) is 0 Å². The molecule has 2 heterocycles. The molecule has 1 saturated heterocycles. The van der Waals surface area contributed by atoms with Crippen LogP contribution in [-0.4, -0.2) is 24.6 Å². The quantitative estimate of drug-likeness (QED) is 0.597. The molecule has 0 radical (unpaired) electrons. The average molecular weight is 364 g/mol. The maximum Gasteiger partial charge on any atom is 0.136 e. The Morgan fingerprint density at radius 1 is 1.30 bits per heavy atom. The molecule has 27 heavy (non-hydrogen) atoms. The molecule has 2 aromatic rings. The van der Waals surface area contributed by atoms with E-state index < -0.39 is 0 Å². The molecule has 144 valence electrons. The van der Waals surface area contributed by atoms with Gasteiger partial charge in [0.15, 0.2) is 0 Å². The first-order chi connectivity index (χ1) is 13.0. The van der Waals surface area contributed by atoms with Crippen molar-refractivity contribution < 1.29 is 0 Å². The molecule has 0 N–H and O–H groups in total. The average Bonchev–Trinajstić information content (AvgIpc) is 3.10. The minimum absolute atomic E-state index is 0.778. The van der Waals surface area contributed by atoms with Crippen LogP contribution < -0.4 is 9.80 Å². The minimum Gasteiger partial charge on any atom is -0.371 e. The van der Waals surface area contributed by atoms with Gasteiger partial charge in [-0.1, -0.05) is 45.0 Å². The number of anilines is 2. The van der Waals surface area contributed by atoms with E-state index in [0.29, 0.717) is 0 Å². The van der Waals surface area contributed by atoms with Gasteiger partial charge in [0.25, 0.3) is 0 Å². The summed E-state index contributed by atoms with van der Waals surface area (Å²) in [6.45, 7) is 16.2. The molecular weight excluding hydrogens is 330 g/mol. The van der Waals surface area contributed by atoms with E-state index in [0.717, 1.165) is 49.2 Å². The van der Waals surface area contributed by atoms with Crippen molar-refractivity contribution in [2.45, 2.75) is 47.0 Å². The third kappa shape index (κ3) is 4.52. The van der Waals surface area contributed by atoms with E-state index in [1.165, 1.54) is 29.7 Å². The summed E-state index contributed by atoms with van der Waals surface area (Å²) < 4.78 is 0. The number of aryl methyl sites for hydroxylation is 1. The number of nitrogens with zero attached hydrogens (tertiary/aromatic N) is 3. The molecule has 1 aliphatic heterocycles. The summed E-state index contributed by atoms with van der Waals surface area (Å²) in [5, 5.41) is 0. The Bertz CT molecular complexity index is 796. The second-order valence-electron chi connectivity index (χ2n) is 7.97. The van der Waals surface area contributed by atoms with E-state index in [2.05, 4.69) is 80.5 Å². The Labute approximate surface area is 164 Å². The van der Waals surface area contributed by atoms with Gasteiger partial charge in [-0.05, 0) is 56.4 Å². The van der Waals surface area contributed by atoms with E-state index in [1.807, 2.05) is 0 Å². The van der Waals surface area contributed by atoms with E-state index >= 15 is 0 Å². The SMILES string of the molecule is C=C(C)N(CCCC)c1nc(-c2cccc(N3CCC(C)C3)c2)ccc1C. The molecule has 1 aliphatic rings. The molecule has 3 nitrogen and oxygen atoms in total. The molecule has 0 bridgehead atoms. The Balaban J connectivity index is 1.92. The summed E-state index contributed by atoms with van der Waals surface area (Å²) in [4.78, 5) is 9.80. The lowest BCUT2D eigenvalue weighted by Gasteiger charge is -2.26. The van der Waals surface area contributed by atoms with Crippen LogP contribution in [0.25, 0.3) is 11.3 Å². The minimum atomic E-state index is 0.778. The van der Waals surface area contributed by atoms with Gasteiger partial charge in [-0.2, -0.15) is 0 Å². The van der Waals surface area contributed by atoms with Crippen LogP contribution >= 0.6 is 0 Å². The molecule has 1 unspecified atom stereocenters. The fourth-order valence-electron chi connectivity index (χ4n) is 3.78. The Hall–Kier alpha value is -2.29. The van der Waals surface area contributed by atoms with Gasteiger partial charge in [0.2, 0.25) is 0 Å². The number of rotatable bonds is 7. The zero-order chi connectivity index (χ0) is 19.4. The summed E-state index contributed by atoms with van der Waals surface area (Å²) in [6.07, 6.45) is 3.59. The van der Waals surface area contributed by atoms with Crippen LogP contribution in [0.3, 0.4) is 0 Å². The molecule has 1 fully saturated rings. The van der Waals surface area contributed by atoms with Gasteiger partial charge in [0.1, 0.15) is 5.82 Å². The zero-order valence-corrected chi connectivity index (χ0v) is 17.3. The van der Waals surface area contributed by atoms with Crippen LogP contribution in [0.4, 0.5) is 11.5 Å². The van der Waals surface area contributed by atoms with Crippen molar-refractivity contribution in [1.82, 2.24) is 4.98 Å². The topological polar surface area (TPSA) is 19.4 Å². The molecule has 0 aliphatic carbocycles. The molecule has 0 saturated carbocycles. The van der Waals surface area contributed by atoms with Gasteiger partial charge in [-0.3, -0.25) is 0 Å². The highest BCUT2D eigenvalue weighted by molar-refractivity contribution is 5.68. The number of benzene rings is 1. The fourth-order valence-corrected chi connectivity index (χ4v) is 3.78. The van der Waals surface area contributed by atoms with Crippen LogP contribution in [-0.2, 0) is 0 Å². The summed E-state index contributed by atoms with van der Waals surface area (Å²) in [5.41, 5.74) is 5.78. The molecule has 3 rings (SSSR count). The van der Waals surface area contributed by atoms with Gasteiger partial charge in [-0.25, -0.2) is 4.98 Å². The van der Waals surface area contributed by atoms with Gasteiger partial charge in [0.05, 0.1) is 5.69 Å². The Kier molecular flexibility index (Phi) is 6.20. The fraction of sp³-hybridized carbons (Fsp3) is 0.458. The molecular formula is C24H33N3. The molecule has 3 heteroatoms. The van der Waals surface area contributed by atoms with Crippen LogP contribution in [0.15, 0.2) is 48.7 Å². The van der Waals surface area contributed by atoms with Crippen molar-refractivity contribution in [3.63, 3.8) is 0 Å². The van der Waals surface area contributed by atoms with Gasteiger partial charge in [0, 0.05) is 36.6 Å². The van der Waals surface area contributed by atoms with E-state index in [1.54, 1.807) is 0 Å². The van der Waals surface area contributed by atoms with E-state index in [9.17, 15) is 0 Å². The summed E-state index contributed by atoms with van der Waals surface area (Å²) >= 11 is 0. The third-order valence-electron chi connectivity index (χ3n) is 5.45. The monoisotopic (exact) mass is 363 g/mol. The lowest BCUT2D eigenvalue weighted by atomic mass is 10.1. The highest BCUT2D eigenvalue weighted by atomic mass is 15.2. The highest BCUT2D eigenvalue weighted by Crippen LogP contribution is 2.30. The first-order valence-corrected chi connectivity index (χ1v) is 10.3. The van der Waals surface area contributed by atoms with Crippen molar-refractivity contribution in [2.75, 3.05) is 29.4 Å². The number of aromatic nitrogens is 1. The van der Waals surface area contributed by atoms with Gasteiger partial charge >= 0.3 is 0 Å². The van der Waals surface area contributed by atoms with E-state index in [4.69, 9.17) is 4.98 Å². The zero-order valence-electron chi connectivity index (χ0n) is 17.3. The molecule has 1 aromatic heterocycles. The Morgan fingerprint density at radius 2 is 2.11 bits per heavy atom. The summed E-state index contributed by atoms with van der Waals surface area (Å²) in [7, 11) is 0. The van der Waals surface area contributed by atoms with Crippen molar-refractivity contribution in [3.8, 4) is 11.3 Å². The van der Waals surface area contributed by atoms with Crippen LogP contribution in [0.1, 0.15) is 45.6 Å². The maximum atomic E-state index is 5.05. The lowest BCUT2D eigenvalue weighted by Crippen LogP contribution is -2.23. The second-order valence-corrected chi connectivity index (χ2v) is 7.97. The summed E-state index contributed by atoms with van der Waals surface area (Å²) in [5.74, 6) is 1.81. The predicted molar refractivity (Wildman–Crippen MR) is 117 cm³/mol. The number of hydrogen-bond acceptors (Lipinski definition) is 3. The van der Waals surface area contributed by atoms with Crippen molar-refractivity contribution in [2.24, 2.45) is 5.92 Å². The molecule has 0 amide bonds. The first-order valence-electron chi connectivity index (χ1n) is 10.3. The first kappa shape index (κ1) is 19.5. The molecule has 1 atom stereocenters. The van der Waals surface area contributed by atoms with Crippen molar-refractivity contribution >= 4 is 11.5 Å². The number of allylic oxidation sites excluding steroid dienone is 1. The normalized spacial score (nSPS) is 16.6. The lowest BCUT2D eigenvalue weighted by molar-refractivity contribution is 0.659. The number of unbranched alkanes of at least 4 members (excludes halogenated alkanes) is 1. The predicted octanol–water partition coefficient (Wildman–Crippen LogP) is 6.04. The smallest absolute Gasteiger partial charge is 0.136 e. The summed E-state index contributed by atoms with van der Waals surface area (Å²) in [6, 6.07) is 13.2. The Morgan fingerprint density at radius 3 is 2.78 bits per heavy atom. The number of hydrogen-bond donors (Lipinski definition) is 0. The standard InChI is InChI=1S/C24H33N3/c1-6-7-14-27(18(2)3)24-20(5)11-12-23(25-24)21-9-8-10-22(16-21)26-15-13-19(4)17-26/h8-12,16,19H,2,6-7,13-15,17H2,1,3-5H3.